The first-order valence-electron chi connectivity index (χ1n) is 6.35. The summed E-state index contributed by atoms with van der Waals surface area (Å²) in [5.74, 6) is -0.771. The number of carbonyl (C=O) groups is 3. The Labute approximate surface area is 103 Å². The Kier molecular flexibility index (Phi) is 1.73. The molecule has 1 aliphatic heterocycles. The maximum Gasteiger partial charge on any atom is 0.323 e. The molecule has 0 aromatic heterocycles. The largest absolute Gasteiger partial charge is 0.480 e. The molecule has 5 aliphatic rings. The fourth-order valence-electron chi connectivity index (χ4n) is 4.31. The molecular formula is C13H13NO4. The van der Waals surface area contributed by atoms with Crippen molar-refractivity contribution in [3.63, 3.8) is 0 Å². The number of nitrogens with zero attached hydrogens (tertiary/aromatic N) is 1. The molecule has 5 rings (SSSR count). The van der Waals surface area contributed by atoms with Crippen LogP contribution in [0.2, 0.25) is 0 Å². The van der Waals surface area contributed by atoms with Crippen LogP contribution < -0.4 is 0 Å². The third-order valence-electron chi connectivity index (χ3n) is 5.05. The minimum Gasteiger partial charge on any atom is -0.480 e. The van der Waals surface area contributed by atoms with Gasteiger partial charge in [0.25, 0.3) is 0 Å². The first kappa shape index (κ1) is 10.3. The van der Waals surface area contributed by atoms with Gasteiger partial charge in [-0.2, -0.15) is 0 Å². The molecule has 0 aromatic rings. The van der Waals surface area contributed by atoms with Crippen LogP contribution in [0.1, 0.15) is 6.42 Å². The molecule has 0 aromatic carbocycles. The second kappa shape index (κ2) is 3.02. The van der Waals surface area contributed by atoms with Crippen LogP contribution >= 0.6 is 0 Å². The van der Waals surface area contributed by atoms with Crippen LogP contribution in [0.4, 0.5) is 0 Å². The van der Waals surface area contributed by atoms with Crippen molar-refractivity contribution in [3.05, 3.63) is 12.2 Å². The Bertz CT molecular complexity index is 475. The molecule has 2 amide bonds. The summed E-state index contributed by atoms with van der Waals surface area (Å²) in [5.41, 5.74) is 0. The van der Waals surface area contributed by atoms with Crippen LogP contribution in [0.25, 0.3) is 0 Å². The topological polar surface area (TPSA) is 74.7 Å². The van der Waals surface area contributed by atoms with E-state index in [1.165, 1.54) is 0 Å². The molecule has 3 fully saturated rings. The summed E-state index contributed by atoms with van der Waals surface area (Å²) in [6.07, 6.45) is 5.28. The second-order valence-corrected chi connectivity index (χ2v) is 5.81. The average Bonchev–Trinajstić information content (AvgIpc) is 3.11. The van der Waals surface area contributed by atoms with Gasteiger partial charge in [-0.1, -0.05) is 12.2 Å². The third kappa shape index (κ3) is 1.05. The van der Waals surface area contributed by atoms with Crippen molar-refractivity contribution in [1.82, 2.24) is 4.90 Å². The van der Waals surface area contributed by atoms with Gasteiger partial charge in [0.05, 0.1) is 11.8 Å². The van der Waals surface area contributed by atoms with Gasteiger partial charge in [0.1, 0.15) is 6.54 Å². The number of hydrogen-bond acceptors (Lipinski definition) is 3. The fourth-order valence-corrected chi connectivity index (χ4v) is 4.31. The Hall–Kier alpha value is -1.65. The van der Waals surface area contributed by atoms with Crippen LogP contribution in [-0.2, 0) is 14.4 Å². The van der Waals surface area contributed by atoms with Crippen molar-refractivity contribution < 1.29 is 19.5 Å². The Morgan fingerprint density at radius 3 is 2.11 bits per heavy atom. The molecule has 5 nitrogen and oxygen atoms in total. The van der Waals surface area contributed by atoms with Crippen molar-refractivity contribution in [2.45, 2.75) is 6.42 Å². The van der Waals surface area contributed by atoms with Crippen LogP contribution in [-0.4, -0.2) is 34.3 Å². The number of carbonyl (C=O) groups excluding carboxylic acids is 2. The average molecular weight is 247 g/mol. The highest BCUT2D eigenvalue weighted by Gasteiger charge is 2.67. The molecule has 4 aliphatic carbocycles. The predicted octanol–water partition coefficient (Wildman–Crippen LogP) is 0.124. The van der Waals surface area contributed by atoms with E-state index < -0.39 is 12.5 Å². The van der Waals surface area contributed by atoms with Crippen LogP contribution in [0, 0.1) is 35.5 Å². The summed E-state index contributed by atoms with van der Waals surface area (Å²) in [4.78, 5) is 36.2. The summed E-state index contributed by atoms with van der Waals surface area (Å²) in [7, 11) is 0. The number of rotatable bonds is 2. The lowest BCUT2D eigenvalue weighted by molar-refractivity contribution is -0.149. The maximum absolute atomic E-state index is 12.2. The summed E-state index contributed by atoms with van der Waals surface area (Å²) in [6, 6.07) is 0. The molecule has 0 spiro atoms. The highest BCUT2D eigenvalue weighted by atomic mass is 16.4. The molecule has 18 heavy (non-hydrogen) atoms. The van der Waals surface area contributed by atoms with Crippen molar-refractivity contribution in [1.29, 1.82) is 0 Å². The van der Waals surface area contributed by atoms with Gasteiger partial charge in [0.15, 0.2) is 0 Å². The SMILES string of the molecule is O=C(O)CN1C(=O)[C@@H]2[C@@H]3C=C[C@@H]([C@H]4C[C@@H]34)[C@@H]2C1=O. The monoisotopic (exact) mass is 247 g/mol. The molecule has 1 N–H and O–H groups in total. The number of aliphatic carboxylic acids is 1. The van der Waals surface area contributed by atoms with E-state index >= 15 is 0 Å². The second-order valence-electron chi connectivity index (χ2n) is 5.81. The summed E-state index contributed by atoms with van der Waals surface area (Å²) in [5, 5.41) is 8.79. The summed E-state index contributed by atoms with van der Waals surface area (Å²) >= 11 is 0. The van der Waals surface area contributed by atoms with E-state index in [0.717, 1.165) is 11.3 Å². The fraction of sp³-hybridized carbons (Fsp3) is 0.615. The first-order valence-corrected chi connectivity index (χ1v) is 6.35. The van der Waals surface area contributed by atoms with E-state index in [0.29, 0.717) is 11.8 Å². The number of hydrogen-bond donors (Lipinski definition) is 1. The highest BCUT2D eigenvalue weighted by molar-refractivity contribution is 6.07. The first-order chi connectivity index (χ1) is 8.59. The molecular weight excluding hydrogens is 234 g/mol. The maximum atomic E-state index is 12.2. The van der Waals surface area contributed by atoms with Crippen LogP contribution in [0.15, 0.2) is 12.2 Å². The minimum absolute atomic E-state index is 0.167. The van der Waals surface area contributed by atoms with E-state index in [1.54, 1.807) is 0 Å². The molecule has 2 saturated carbocycles. The molecule has 0 radical (unpaired) electrons. The molecule has 1 heterocycles. The van der Waals surface area contributed by atoms with Gasteiger partial charge in [-0.05, 0) is 30.1 Å². The number of amides is 2. The lowest BCUT2D eigenvalue weighted by atomic mass is 9.63. The Morgan fingerprint density at radius 1 is 1.17 bits per heavy atom. The van der Waals surface area contributed by atoms with Gasteiger partial charge in [-0.3, -0.25) is 19.3 Å². The zero-order chi connectivity index (χ0) is 12.6. The number of carboxylic acid groups (broad SMARTS) is 1. The molecule has 94 valence electrons. The molecule has 2 bridgehead atoms. The zero-order valence-corrected chi connectivity index (χ0v) is 9.65. The van der Waals surface area contributed by atoms with Gasteiger partial charge >= 0.3 is 5.97 Å². The van der Waals surface area contributed by atoms with Crippen molar-refractivity contribution in [3.8, 4) is 0 Å². The van der Waals surface area contributed by atoms with Gasteiger partial charge in [-0.25, -0.2) is 0 Å². The number of carboxylic acids is 1. The summed E-state index contributed by atoms with van der Waals surface area (Å²) in [6.45, 7) is -0.487. The van der Waals surface area contributed by atoms with Crippen LogP contribution in [0.5, 0.6) is 0 Å². The van der Waals surface area contributed by atoms with Gasteiger partial charge in [0.2, 0.25) is 11.8 Å². The smallest absolute Gasteiger partial charge is 0.323 e. The number of likely N-dealkylation sites (tertiary alicyclic amines) is 1. The third-order valence-corrected chi connectivity index (χ3v) is 5.05. The van der Waals surface area contributed by atoms with E-state index in [-0.39, 0.29) is 35.5 Å². The lowest BCUT2D eigenvalue weighted by Crippen LogP contribution is -2.40. The highest BCUT2D eigenvalue weighted by Crippen LogP contribution is 2.65. The quantitative estimate of drug-likeness (QED) is 0.555. The van der Waals surface area contributed by atoms with Crippen LogP contribution in [0.3, 0.4) is 0 Å². The molecule has 6 atom stereocenters. The molecule has 0 unspecified atom stereocenters. The minimum atomic E-state index is -1.12. The van der Waals surface area contributed by atoms with E-state index in [1.807, 2.05) is 0 Å². The van der Waals surface area contributed by atoms with E-state index in [4.69, 9.17) is 5.11 Å². The van der Waals surface area contributed by atoms with Crippen molar-refractivity contribution >= 4 is 17.8 Å². The van der Waals surface area contributed by atoms with Gasteiger partial charge in [-0.15, -0.1) is 0 Å². The van der Waals surface area contributed by atoms with Gasteiger partial charge < -0.3 is 5.11 Å². The Balaban J connectivity index is 1.72. The summed E-state index contributed by atoms with van der Waals surface area (Å²) < 4.78 is 0. The van der Waals surface area contributed by atoms with Crippen molar-refractivity contribution in [2.24, 2.45) is 35.5 Å². The molecule has 1 saturated heterocycles. The molecule has 5 heteroatoms. The predicted molar refractivity (Wildman–Crippen MR) is 59.1 cm³/mol. The zero-order valence-electron chi connectivity index (χ0n) is 9.65. The Morgan fingerprint density at radius 2 is 1.67 bits per heavy atom. The number of imide groups is 1. The van der Waals surface area contributed by atoms with E-state index in [9.17, 15) is 14.4 Å². The normalized spacial score (nSPS) is 47.2. The van der Waals surface area contributed by atoms with E-state index in [2.05, 4.69) is 12.2 Å². The van der Waals surface area contributed by atoms with Gasteiger partial charge in [0, 0.05) is 0 Å². The standard InChI is InChI=1S/C13H13NO4/c15-9(16)4-14-12(17)10-5-1-2-6(8-3-7(5)8)11(10)13(14)18/h1-2,5-8,10-11H,3-4H2,(H,15,16)/t5-,6+,7+,8-,10-,11+. The van der Waals surface area contributed by atoms with Crippen molar-refractivity contribution in [2.75, 3.05) is 6.54 Å². The number of allylic oxidation sites excluding steroid dienone is 2. The lowest BCUT2D eigenvalue weighted by Gasteiger charge is -2.37.